The lowest BCUT2D eigenvalue weighted by Gasteiger charge is -2.26. The summed E-state index contributed by atoms with van der Waals surface area (Å²) in [5.74, 6) is -1.26. The Bertz CT molecular complexity index is 1070. The molecular formula is C27H33NO9. The molecule has 0 aliphatic carbocycles. The minimum atomic E-state index is -1.58. The first-order valence-corrected chi connectivity index (χ1v) is 12.0. The Morgan fingerprint density at radius 1 is 0.838 bits per heavy atom. The Morgan fingerprint density at radius 3 is 2.05 bits per heavy atom. The number of para-hydroxylation sites is 1. The largest absolute Gasteiger partial charge is 0.513 e. The van der Waals surface area contributed by atoms with E-state index in [1.54, 1.807) is 36.4 Å². The lowest BCUT2D eigenvalue weighted by molar-refractivity contribution is -0.147. The van der Waals surface area contributed by atoms with Gasteiger partial charge in [0.25, 0.3) is 0 Å². The van der Waals surface area contributed by atoms with E-state index >= 15 is 0 Å². The molecule has 2 rings (SSSR count). The molecule has 2 aromatic carbocycles. The summed E-state index contributed by atoms with van der Waals surface area (Å²) in [6, 6.07) is 12.9. The molecule has 0 aliphatic heterocycles. The fourth-order valence-corrected chi connectivity index (χ4v) is 3.34. The molecule has 0 fully saturated rings. The van der Waals surface area contributed by atoms with E-state index in [0.29, 0.717) is 24.2 Å². The van der Waals surface area contributed by atoms with Gasteiger partial charge < -0.3 is 29.4 Å². The monoisotopic (exact) mass is 515 g/mol. The molecule has 0 saturated heterocycles. The highest BCUT2D eigenvalue weighted by atomic mass is 16.7. The second-order valence-electron chi connectivity index (χ2n) is 8.32. The maximum Gasteiger partial charge on any atom is 0.513 e. The van der Waals surface area contributed by atoms with Gasteiger partial charge in [-0.15, -0.1) is 0 Å². The smallest absolute Gasteiger partial charge is 0.468 e. The van der Waals surface area contributed by atoms with Crippen LogP contribution >= 0.6 is 0 Å². The lowest BCUT2D eigenvalue weighted by atomic mass is 9.88. The van der Waals surface area contributed by atoms with E-state index in [2.05, 4.69) is 0 Å². The van der Waals surface area contributed by atoms with Crippen LogP contribution in [0.5, 0.6) is 17.2 Å². The summed E-state index contributed by atoms with van der Waals surface area (Å²) in [6.07, 6.45) is 0.473. The minimum Gasteiger partial charge on any atom is -0.468 e. The third-order valence-corrected chi connectivity index (χ3v) is 5.19. The third kappa shape index (κ3) is 9.57. The second kappa shape index (κ2) is 14.6. The molecule has 0 amide bonds. The van der Waals surface area contributed by atoms with Crippen LogP contribution in [-0.2, 0) is 30.3 Å². The fourth-order valence-electron chi connectivity index (χ4n) is 3.34. The van der Waals surface area contributed by atoms with Crippen LogP contribution in [0.15, 0.2) is 48.5 Å². The van der Waals surface area contributed by atoms with Crippen LogP contribution in [0, 0.1) is 0 Å². The Hall–Kier alpha value is -3.92. The number of esters is 3. The predicted octanol–water partition coefficient (Wildman–Crippen LogP) is 4.12. The average molecular weight is 516 g/mol. The molecule has 37 heavy (non-hydrogen) atoms. The number of benzene rings is 2. The highest BCUT2D eigenvalue weighted by Gasteiger charge is 2.36. The van der Waals surface area contributed by atoms with Crippen molar-refractivity contribution in [3.63, 3.8) is 0 Å². The van der Waals surface area contributed by atoms with Crippen molar-refractivity contribution in [2.45, 2.75) is 57.9 Å². The van der Waals surface area contributed by atoms with Gasteiger partial charge in [0, 0.05) is 25.7 Å². The van der Waals surface area contributed by atoms with Gasteiger partial charge in [0.05, 0.1) is 13.7 Å². The van der Waals surface area contributed by atoms with Crippen LogP contribution in [0.3, 0.4) is 0 Å². The number of hydrogen-bond donors (Lipinski definition) is 1. The normalized spacial score (nSPS) is 12.1. The summed E-state index contributed by atoms with van der Waals surface area (Å²) in [5.41, 5.74) is 5.31. The van der Waals surface area contributed by atoms with Crippen LogP contribution in [0.1, 0.15) is 51.5 Å². The van der Waals surface area contributed by atoms with Crippen molar-refractivity contribution in [3.05, 3.63) is 54.1 Å². The van der Waals surface area contributed by atoms with Crippen molar-refractivity contribution >= 4 is 24.1 Å². The van der Waals surface area contributed by atoms with E-state index in [0.717, 1.165) is 0 Å². The first-order chi connectivity index (χ1) is 17.7. The number of rotatable bonds is 13. The Balaban J connectivity index is 2.16. The van der Waals surface area contributed by atoms with Gasteiger partial charge in [0.1, 0.15) is 11.3 Å². The number of carbonyl (C=O) groups excluding carboxylic acids is 4. The van der Waals surface area contributed by atoms with Gasteiger partial charge in [0.2, 0.25) is 0 Å². The number of methoxy groups -OCH3 is 1. The summed E-state index contributed by atoms with van der Waals surface area (Å²) in [6.45, 7) is 3.45. The summed E-state index contributed by atoms with van der Waals surface area (Å²) in [7, 11) is 1.20. The highest BCUT2D eigenvalue weighted by molar-refractivity contribution is 5.81. The second-order valence-corrected chi connectivity index (χ2v) is 8.32. The molecule has 10 heteroatoms. The summed E-state index contributed by atoms with van der Waals surface area (Å²) in [4.78, 5) is 48.7. The van der Waals surface area contributed by atoms with E-state index in [-0.39, 0.29) is 43.8 Å². The molecule has 2 aromatic rings. The Kier molecular flexibility index (Phi) is 11.6. The topological polar surface area (TPSA) is 140 Å². The van der Waals surface area contributed by atoms with E-state index in [4.69, 9.17) is 29.4 Å². The zero-order valence-electron chi connectivity index (χ0n) is 21.3. The van der Waals surface area contributed by atoms with E-state index in [9.17, 15) is 19.2 Å². The minimum absolute atomic E-state index is 0.0373. The van der Waals surface area contributed by atoms with Crippen LogP contribution in [0.25, 0.3) is 0 Å². The van der Waals surface area contributed by atoms with Crippen LogP contribution in [-0.4, -0.2) is 43.3 Å². The van der Waals surface area contributed by atoms with Crippen molar-refractivity contribution in [1.82, 2.24) is 0 Å². The van der Waals surface area contributed by atoms with Gasteiger partial charge in [0.15, 0.2) is 11.5 Å². The van der Waals surface area contributed by atoms with Gasteiger partial charge in [-0.05, 0) is 42.7 Å². The SMILES string of the molecule is CCCC(=O)Oc1ccc(C[C@](N)(CCOC(=O)Oc2ccccc2)C(=O)OC)cc1OC(=O)CCC. The highest BCUT2D eigenvalue weighted by Crippen LogP contribution is 2.31. The molecule has 0 saturated carbocycles. The van der Waals surface area contributed by atoms with E-state index < -0.39 is 29.6 Å². The van der Waals surface area contributed by atoms with Gasteiger partial charge in [-0.2, -0.15) is 0 Å². The number of nitrogens with two attached hydrogens (primary N) is 1. The summed E-state index contributed by atoms with van der Waals surface area (Å²) >= 11 is 0. The van der Waals surface area contributed by atoms with E-state index in [1.165, 1.54) is 19.2 Å². The zero-order chi connectivity index (χ0) is 27.3. The molecule has 0 radical (unpaired) electrons. The fraction of sp³-hybridized carbons (Fsp3) is 0.407. The molecule has 10 nitrogen and oxygen atoms in total. The number of carbonyl (C=O) groups is 4. The maximum absolute atomic E-state index is 12.6. The van der Waals surface area contributed by atoms with Gasteiger partial charge in [-0.25, -0.2) is 4.79 Å². The molecule has 200 valence electrons. The zero-order valence-corrected chi connectivity index (χ0v) is 21.3. The molecule has 1 atom stereocenters. The summed E-state index contributed by atoms with van der Waals surface area (Å²) < 4.78 is 25.8. The molecule has 0 aliphatic rings. The molecule has 0 spiro atoms. The average Bonchev–Trinajstić information content (AvgIpc) is 2.86. The number of hydrogen-bond acceptors (Lipinski definition) is 10. The Morgan fingerprint density at radius 2 is 1.46 bits per heavy atom. The molecule has 0 aromatic heterocycles. The van der Waals surface area contributed by atoms with Crippen molar-refractivity contribution in [2.75, 3.05) is 13.7 Å². The van der Waals surface area contributed by atoms with Gasteiger partial charge in [-0.1, -0.05) is 38.1 Å². The molecule has 0 bridgehead atoms. The van der Waals surface area contributed by atoms with Crippen LogP contribution in [0.2, 0.25) is 0 Å². The maximum atomic E-state index is 12.6. The van der Waals surface area contributed by atoms with Gasteiger partial charge >= 0.3 is 24.1 Å². The van der Waals surface area contributed by atoms with Gasteiger partial charge in [-0.3, -0.25) is 14.4 Å². The third-order valence-electron chi connectivity index (χ3n) is 5.19. The van der Waals surface area contributed by atoms with Crippen molar-refractivity contribution in [3.8, 4) is 17.2 Å². The lowest BCUT2D eigenvalue weighted by Crippen LogP contribution is -2.51. The van der Waals surface area contributed by atoms with Crippen molar-refractivity contribution in [1.29, 1.82) is 0 Å². The predicted molar refractivity (Wildman–Crippen MR) is 133 cm³/mol. The Labute approximate surface area is 216 Å². The standard InChI is InChI=1S/C27H33NO9/c1-4-9-23(29)36-21-14-13-19(17-22(21)37-24(30)10-5-2)18-27(28,25(31)33-3)15-16-34-26(32)35-20-11-7-6-8-12-20/h6-8,11-14,17H,4-5,9-10,15-16,18,28H2,1-3H3/t27-/m1/s1. The van der Waals surface area contributed by atoms with Crippen molar-refractivity contribution in [2.24, 2.45) is 5.73 Å². The molecule has 2 N–H and O–H groups in total. The molecular weight excluding hydrogens is 482 g/mol. The first-order valence-electron chi connectivity index (χ1n) is 12.0. The molecule has 0 heterocycles. The molecule has 0 unspecified atom stereocenters. The van der Waals surface area contributed by atoms with Crippen molar-refractivity contribution < 1.29 is 42.9 Å². The van der Waals surface area contributed by atoms with Crippen LogP contribution in [0.4, 0.5) is 4.79 Å². The first kappa shape index (κ1) is 29.3. The quantitative estimate of drug-likeness (QED) is 0.235. The van der Waals surface area contributed by atoms with Crippen LogP contribution < -0.4 is 19.9 Å². The number of ether oxygens (including phenoxy) is 5. The summed E-state index contributed by atoms with van der Waals surface area (Å²) in [5, 5.41) is 0. The van der Waals surface area contributed by atoms with E-state index in [1.807, 2.05) is 13.8 Å².